The number of rotatable bonds is 10. The van der Waals surface area contributed by atoms with Crippen molar-refractivity contribution in [2.45, 2.75) is 38.0 Å². The number of benzene rings is 1. The van der Waals surface area contributed by atoms with Crippen LogP contribution in [-0.2, 0) is 16.1 Å². The van der Waals surface area contributed by atoms with Gasteiger partial charge in [0.25, 0.3) is 0 Å². The van der Waals surface area contributed by atoms with Gasteiger partial charge in [0.1, 0.15) is 0 Å². The Hall–Kier alpha value is -2.06. The molecule has 0 aliphatic carbocycles. The summed E-state index contributed by atoms with van der Waals surface area (Å²) >= 11 is 1.25. The average molecular weight is 378 g/mol. The summed E-state index contributed by atoms with van der Waals surface area (Å²) in [5.41, 5.74) is 0.811. The van der Waals surface area contributed by atoms with Gasteiger partial charge in [-0.25, -0.2) is 9.89 Å². The molecule has 1 atom stereocenters. The van der Waals surface area contributed by atoms with Crippen molar-refractivity contribution in [3.05, 3.63) is 46.4 Å². The molecule has 0 fully saturated rings. The zero-order valence-electron chi connectivity index (χ0n) is 15.4. The third kappa shape index (κ3) is 5.74. The minimum atomic E-state index is -0.270. The molecule has 2 aromatic rings. The number of nitrogens with zero attached hydrogens (tertiary/aromatic N) is 2. The number of carbonyl (C=O) groups is 1. The van der Waals surface area contributed by atoms with Crippen LogP contribution in [0.15, 0.2) is 40.3 Å². The molecule has 0 spiro atoms. The van der Waals surface area contributed by atoms with Gasteiger partial charge in [-0.15, -0.1) is 5.10 Å². The van der Waals surface area contributed by atoms with Gasteiger partial charge in [0.2, 0.25) is 5.91 Å². The molecule has 7 nitrogen and oxygen atoms in total. The van der Waals surface area contributed by atoms with Crippen molar-refractivity contribution in [1.29, 1.82) is 0 Å². The normalized spacial score (nSPS) is 12.3. The van der Waals surface area contributed by atoms with Crippen molar-refractivity contribution in [3.8, 4) is 0 Å². The van der Waals surface area contributed by atoms with Crippen LogP contribution in [0.3, 0.4) is 0 Å². The SMILES string of the molecule is COCCCn1c(SCC(=O)NC(c2ccccc2)C(C)C)n[nH]c1=O. The Labute approximate surface area is 157 Å². The fraction of sp³-hybridized carbons (Fsp3) is 0.500. The number of carbonyl (C=O) groups excluding carboxylic acids is 1. The summed E-state index contributed by atoms with van der Waals surface area (Å²) in [6.07, 6.45) is 0.707. The number of thioether (sulfide) groups is 1. The first-order valence-electron chi connectivity index (χ1n) is 8.64. The lowest BCUT2D eigenvalue weighted by Gasteiger charge is -2.22. The molecule has 1 unspecified atom stereocenters. The number of aromatic nitrogens is 3. The molecule has 8 heteroatoms. The summed E-state index contributed by atoms with van der Waals surface area (Å²) in [4.78, 5) is 24.2. The maximum atomic E-state index is 12.4. The van der Waals surface area contributed by atoms with E-state index in [1.54, 1.807) is 7.11 Å². The maximum Gasteiger partial charge on any atom is 0.343 e. The smallest absolute Gasteiger partial charge is 0.343 e. The Morgan fingerprint density at radius 3 is 2.73 bits per heavy atom. The van der Waals surface area contributed by atoms with Crippen molar-refractivity contribution in [3.63, 3.8) is 0 Å². The van der Waals surface area contributed by atoms with Crippen molar-refractivity contribution in [2.24, 2.45) is 5.92 Å². The summed E-state index contributed by atoms with van der Waals surface area (Å²) in [7, 11) is 1.62. The topological polar surface area (TPSA) is 89.0 Å². The summed E-state index contributed by atoms with van der Waals surface area (Å²) < 4.78 is 6.55. The minimum Gasteiger partial charge on any atom is -0.385 e. The van der Waals surface area contributed by atoms with Crippen molar-refractivity contribution in [1.82, 2.24) is 20.1 Å². The molecular weight excluding hydrogens is 352 g/mol. The lowest BCUT2D eigenvalue weighted by atomic mass is 9.96. The van der Waals surface area contributed by atoms with Crippen LogP contribution in [0.5, 0.6) is 0 Å². The van der Waals surface area contributed by atoms with E-state index >= 15 is 0 Å². The van der Waals surface area contributed by atoms with Crippen LogP contribution in [0.4, 0.5) is 0 Å². The summed E-state index contributed by atoms with van der Waals surface area (Å²) in [5.74, 6) is 0.380. The van der Waals surface area contributed by atoms with Gasteiger partial charge in [0, 0.05) is 20.3 Å². The number of amides is 1. The van der Waals surface area contributed by atoms with Crippen LogP contribution in [-0.4, -0.2) is 40.1 Å². The Balaban J connectivity index is 1.95. The molecule has 0 radical (unpaired) electrons. The van der Waals surface area contributed by atoms with Crippen LogP contribution < -0.4 is 11.0 Å². The van der Waals surface area contributed by atoms with E-state index in [0.29, 0.717) is 24.7 Å². The monoisotopic (exact) mass is 378 g/mol. The lowest BCUT2D eigenvalue weighted by molar-refractivity contribution is -0.119. The molecule has 0 bridgehead atoms. The fourth-order valence-electron chi connectivity index (χ4n) is 2.62. The fourth-order valence-corrected chi connectivity index (χ4v) is 3.40. The van der Waals surface area contributed by atoms with Gasteiger partial charge in [0.05, 0.1) is 11.8 Å². The summed E-state index contributed by atoms with van der Waals surface area (Å²) in [6.45, 7) is 5.22. The molecule has 0 saturated carbocycles. The van der Waals surface area contributed by atoms with E-state index in [1.165, 1.54) is 16.3 Å². The van der Waals surface area contributed by atoms with Crippen LogP contribution in [0.2, 0.25) is 0 Å². The Morgan fingerprint density at radius 1 is 1.35 bits per heavy atom. The number of nitrogens with one attached hydrogen (secondary N) is 2. The lowest BCUT2D eigenvalue weighted by Crippen LogP contribution is -2.33. The Morgan fingerprint density at radius 2 is 2.08 bits per heavy atom. The highest BCUT2D eigenvalue weighted by Crippen LogP contribution is 2.22. The first-order chi connectivity index (χ1) is 12.5. The second-order valence-corrected chi connectivity index (χ2v) is 7.24. The van der Waals surface area contributed by atoms with Gasteiger partial charge in [-0.05, 0) is 17.9 Å². The van der Waals surface area contributed by atoms with E-state index in [0.717, 1.165) is 5.56 Å². The molecule has 1 aromatic heterocycles. The van der Waals surface area contributed by atoms with E-state index in [4.69, 9.17) is 4.74 Å². The Bertz CT molecular complexity index is 742. The minimum absolute atomic E-state index is 0.0487. The molecule has 2 rings (SSSR count). The average Bonchev–Trinajstić information content (AvgIpc) is 2.98. The number of hydrogen-bond donors (Lipinski definition) is 2. The first kappa shape index (κ1) is 20.3. The van der Waals surface area contributed by atoms with Gasteiger partial charge in [0.15, 0.2) is 5.16 Å². The number of hydrogen-bond acceptors (Lipinski definition) is 5. The molecule has 0 aliphatic heterocycles. The quantitative estimate of drug-likeness (QED) is 0.489. The number of aromatic amines is 1. The van der Waals surface area contributed by atoms with E-state index in [-0.39, 0.29) is 29.3 Å². The van der Waals surface area contributed by atoms with Gasteiger partial charge >= 0.3 is 5.69 Å². The van der Waals surface area contributed by atoms with Gasteiger partial charge in [-0.3, -0.25) is 9.36 Å². The number of ether oxygens (including phenoxy) is 1. The van der Waals surface area contributed by atoms with Crippen molar-refractivity contribution >= 4 is 17.7 Å². The van der Waals surface area contributed by atoms with Crippen molar-refractivity contribution in [2.75, 3.05) is 19.5 Å². The van der Waals surface area contributed by atoms with E-state index < -0.39 is 0 Å². The zero-order valence-corrected chi connectivity index (χ0v) is 16.2. The van der Waals surface area contributed by atoms with Gasteiger partial charge in [-0.1, -0.05) is 55.9 Å². The molecule has 0 saturated heterocycles. The maximum absolute atomic E-state index is 12.4. The molecular formula is C18H26N4O3S. The largest absolute Gasteiger partial charge is 0.385 e. The predicted octanol–water partition coefficient (Wildman–Crippen LogP) is 2.21. The second-order valence-electron chi connectivity index (χ2n) is 6.30. The van der Waals surface area contributed by atoms with Crippen LogP contribution >= 0.6 is 11.8 Å². The Kier molecular flexibility index (Phi) is 7.93. The number of H-pyrrole nitrogens is 1. The molecule has 26 heavy (non-hydrogen) atoms. The molecule has 1 aromatic carbocycles. The summed E-state index contributed by atoms with van der Waals surface area (Å²) in [6, 6.07) is 9.87. The highest BCUT2D eigenvalue weighted by molar-refractivity contribution is 7.99. The zero-order chi connectivity index (χ0) is 18.9. The third-order valence-electron chi connectivity index (χ3n) is 3.93. The second kappa shape index (κ2) is 10.2. The summed E-state index contributed by atoms with van der Waals surface area (Å²) in [5, 5.41) is 10.0. The van der Waals surface area contributed by atoms with Crippen LogP contribution in [0, 0.1) is 5.92 Å². The van der Waals surface area contributed by atoms with Gasteiger partial charge in [-0.2, -0.15) is 0 Å². The van der Waals surface area contributed by atoms with Crippen LogP contribution in [0.1, 0.15) is 31.9 Å². The molecule has 142 valence electrons. The predicted molar refractivity (Wildman–Crippen MR) is 102 cm³/mol. The van der Waals surface area contributed by atoms with E-state index in [9.17, 15) is 9.59 Å². The molecule has 1 amide bonds. The van der Waals surface area contributed by atoms with Crippen molar-refractivity contribution < 1.29 is 9.53 Å². The third-order valence-corrected chi connectivity index (χ3v) is 4.90. The molecule has 2 N–H and O–H groups in total. The number of methoxy groups -OCH3 is 1. The van der Waals surface area contributed by atoms with E-state index in [1.807, 2.05) is 30.3 Å². The van der Waals surface area contributed by atoms with E-state index in [2.05, 4.69) is 29.4 Å². The highest BCUT2D eigenvalue weighted by Gasteiger charge is 2.19. The van der Waals surface area contributed by atoms with Crippen LogP contribution in [0.25, 0.3) is 0 Å². The molecule has 0 aliphatic rings. The standard InChI is InChI=1S/C18H26N4O3S/c1-13(2)16(14-8-5-4-6-9-14)19-15(23)12-26-18-21-20-17(24)22(18)10-7-11-25-3/h4-6,8-9,13,16H,7,10-12H2,1-3H3,(H,19,23)(H,20,24). The first-order valence-corrected chi connectivity index (χ1v) is 9.62. The molecule has 1 heterocycles. The van der Waals surface area contributed by atoms with Gasteiger partial charge < -0.3 is 10.1 Å². The highest BCUT2D eigenvalue weighted by atomic mass is 32.2.